The van der Waals surface area contributed by atoms with Crippen LogP contribution in [0.1, 0.15) is 76.4 Å². The summed E-state index contributed by atoms with van der Waals surface area (Å²) in [5.74, 6) is -1.20. The third-order valence-corrected chi connectivity index (χ3v) is 7.41. The smallest absolute Gasteiger partial charge is 0.429 e. The number of amides is 1. The molecule has 2 heterocycles. The average molecular weight is 679 g/mol. The second-order valence-electron chi connectivity index (χ2n) is 12.2. The Morgan fingerprint density at radius 3 is 2.51 bits per heavy atom. The monoisotopic (exact) mass is 678 g/mol. The molecule has 3 unspecified atom stereocenters. The van der Waals surface area contributed by atoms with E-state index >= 15 is 0 Å². The zero-order valence-corrected chi connectivity index (χ0v) is 27.5. The third kappa shape index (κ3) is 9.83. The molecule has 3 N–H and O–H groups in total. The molecule has 11 nitrogen and oxygen atoms in total. The molecular formula is C32H38ClF3N6O5. The van der Waals surface area contributed by atoms with Gasteiger partial charge in [-0.2, -0.15) is 23.3 Å². The Morgan fingerprint density at radius 2 is 1.91 bits per heavy atom. The van der Waals surface area contributed by atoms with Crippen molar-refractivity contribution >= 4 is 35.2 Å². The molecule has 1 amide bonds. The number of carbonyl (C=O) groups excluding carboxylic acids is 2. The van der Waals surface area contributed by atoms with E-state index in [1.54, 1.807) is 40.7 Å². The van der Waals surface area contributed by atoms with Crippen LogP contribution in [0.15, 0.2) is 42.6 Å². The van der Waals surface area contributed by atoms with Crippen LogP contribution in [0, 0.1) is 12.8 Å². The number of aromatic nitrogens is 4. The number of nitrogens with two attached hydrogens (primary N) is 1. The van der Waals surface area contributed by atoms with Crippen molar-refractivity contribution in [3.8, 4) is 11.6 Å². The topological polar surface area (TPSA) is 143 Å². The van der Waals surface area contributed by atoms with Gasteiger partial charge in [0.05, 0.1) is 23.7 Å². The lowest BCUT2D eigenvalue weighted by Gasteiger charge is -2.27. The van der Waals surface area contributed by atoms with E-state index in [0.29, 0.717) is 37.1 Å². The van der Waals surface area contributed by atoms with Gasteiger partial charge < -0.3 is 25.3 Å². The van der Waals surface area contributed by atoms with Gasteiger partial charge in [0.15, 0.2) is 0 Å². The number of hydrogen-bond donors (Lipinski definition) is 2. The maximum Gasteiger partial charge on any atom is 0.429 e. The molecule has 47 heavy (non-hydrogen) atoms. The highest BCUT2D eigenvalue weighted by Crippen LogP contribution is 2.40. The predicted octanol–water partition coefficient (Wildman–Crippen LogP) is 6.92. The van der Waals surface area contributed by atoms with E-state index in [-0.39, 0.29) is 40.6 Å². The number of halogens is 4. The van der Waals surface area contributed by atoms with Crippen LogP contribution in [0.4, 0.5) is 23.9 Å². The van der Waals surface area contributed by atoms with E-state index in [1.807, 2.05) is 6.08 Å². The highest BCUT2D eigenvalue weighted by Gasteiger charge is 2.45. The normalized spacial score (nSPS) is 16.5. The van der Waals surface area contributed by atoms with Crippen molar-refractivity contribution < 1.29 is 37.0 Å². The standard InChI is InChI=1S/C32H38ClF3N6O5/c1-6-45-28(43)24(39-30(44)47-31(3,4)5)15-19-7-9-20(10-8-19)23-17-26(40-29(37)38-23)46-27(32(34,35)36)22-12-11-21(33)16-25(22)42-14-13-18(2)41-42/h9,11-14,16-17,19,24,27H,6-8,10,15H2,1-5H3,(H,39,44)(H2,37,38,40). The molecule has 2 aromatic heterocycles. The average Bonchev–Trinajstić information content (AvgIpc) is 3.40. The number of aryl methyl sites for hydroxylation is 1. The van der Waals surface area contributed by atoms with E-state index < -0.39 is 36.0 Å². The summed E-state index contributed by atoms with van der Waals surface area (Å²) in [6, 6.07) is 6.02. The Morgan fingerprint density at radius 1 is 1.17 bits per heavy atom. The fourth-order valence-electron chi connectivity index (χ4n) is 5.16. The van der Waals surface area contributed by atoms with Gasteiger partial charge in [-0.25, -0.2) is 19.3 Å². The molecule has 1 aliphatic rings. The van der Waals surface area contributed by atoms with Crippen molar-refractivity contribution in [1.29, 1.82) is 0 Å². The number of ether oxygens (including phenoxy) is 3. The van der Waals surface area contributed by atoms with Crippen LogP contribution in [0.25, 0.3) is 11.3 Å². The summed E-state index contributed by atoms with van der Waals surface area (Å²) in [6.45, 7) is 8.69. The molecule has 0 fully saturated rings. The lowest BCUT2D eigenvalue weighted by molar-refractivity contribution is -0.198. The van der Waals surface area contributed by atoms with Crippen LogP contribution < -0.4 is 15.8 Å². The lowest BCUT2D eigenvalue weighted by atomic mass is 9.84. The number of benzene rings is 1. The molecule has 3 atom stereocenters. The number of rotatable bonds is 10. The van der Waals surface area contributed by atoms with Crippen LogP contribution in [0.3, 0.4) is 0 Å². The first-order valence-electron chi connectivity index (χ1n) is 15.1. The molecule has 254 valence electrons. The Labute approximate surface area is 275 Å². The summed E-state index contributed by atoms with van der Waals surface area (Å²) in [5.41, 5.74) is 6.71. The van der Waals surface area contributed by atoms with Crippen molar-refractivity contribution in [3.05, 3.63) is 64.6 Å². The van der Waals surface area contributed by atoms with E-state index in [4.69, 9.17) is 31.5 Å². The van der Waals surface area contributed by atoms with Crippen LogP contribution in [-0.4, -0.2) is 56.2 Å². The van der Waals surface area contributed by atoms with Gasteiger partial charge in [-0.15, -0.1) is 0 Å². The number of nitrogens with zero attached hydrogens (tertiary/aromatic N) is 4. The zero-order chi connectivity index (χ0) is 34.5. The van der Waals surface area contributed by atoms with Gasteiger partial charge >= 0.3 is 18.2 Å². The van der Waals surface area contributed by atoms with Gasteiger partial charge in [0.1, 0.15) is 11.6 Å². The van der Waals surface area contributed by atoms with Crippen molar-refractivity contribution in [2.24, 2.45) is 5.92 Å². The molecule has 0 saturated carbocycles. The molecule has 1 aromatic carbocycles. The van der Waals surface area contributed by atoms with Crippen molar-refractivity contribution in [2.45, 2.75) is 84.2 Å². The molecule has 4 rings (SSSR count). The molecule has 15 heteroatoms. The van der Waals surface area contributed by atoms with Gasteiger partial charge in [-0.1, -0.05) is 23.7 Å². The Kier molecular flexibility index (Phi) is 11.0. The number of hydrogen-bond acceptors (Lipinski definition) is 9. The minimum atomic E-state index is -4.84. The molecule has 0 spiro atoms. The van der Waals surface area contributed by atoms with Crippen LogP contribution in [0.2, 0.25) is 5.02 Å². The largest absolute Gasteiger partial charge is 0.464 e. The Bertz CT molecular complexity index is 1620. The number of alkyl halides is 3. The fourth-order valence-corrected chi connectivity index (χ4v) is 5.32. The van der Waals surface area contributed by atoms with Gasteiger partial charge in [0, 0.05) is 22.8 Å². The molecule has 3 aromatic rings. The number of nitrogen functional groups attached to an aromatic ring is 1. The Hall–Kier alpha value is -4.33. The van der Waals surface area contributed by atoms with E-state index in [0.717, 1.165) is 5.57 Å². The first kappa shape index (κ1) is 35.5. The highest BCUT2D eigenvalue weighted by atomic mass is 35.5. The van der Waals surface area contributed by atoms with Crippen molar-refractivity contribution in [2.75, 3.05) is 12.3 Å². The molecule has 0 bridgehead atoms. The number of nitrogens with one attached hydrogen (secondary N) is 1. The summed E-state index contributed by atoms with van der Waals surface area (Å²) < 4.78 is 60.8. The van der Waals surface area contributed by atoms with E-state index in [9.17, 15) is 22.8 Å². The minimum absolute atomic E-state index is 0.0122. The molecule has 0 radical (unpaired) electrons. The van der Waals surface area contributed by atoms with Gasteiger partial charge in [-0.3, -0.25) is 0 Å². The Balaban J connectivity index is 1.54. The third-order valence-electron chi connectivity index (χ3n) is 7.18. The van der Waals surface area contributed by atoms with Gasteiger partial charge in [0.2, 0.25) is 17.9 Å². The number of esters is 1. The van der Waals surface area contributed by atoms with Gasteiger partial charge in [0.25, 0.3) is 0 Å². The van der Waals surface area contributed by atoms with E-state index in [1.165, 1.54) is 35.1 Å². The molecule has 0 aliphatic heterocycles. The SMILES string of the molecule is CCOC(=O)C(CC1CC=C(c2cc(OC(c3ccc(Cl)cc3-n3ccc(C)n3)C(F)(F)F)nc(N)n2)CC1)NC(=O)OC(C)(C)C. The molecule has 0 saturated heterocycles. The quantitative estimate of drug-likeness (QED) is 0.218. The lowest BCUT2D eigenvalue weighted by Crippen LogP contribution is -2.45. The highest BCUT2D eigenvalue weighted by molar-refractivity contribution is 6.30. The number of carbonyl (C=O) groups is 2. The zero-order valence-electron chi connectivity index (χ0n) is 26.7. The fraction of sp³-hybridized carbons (Fsp3) is 0.469. The first-order chi connectivity index (χ1) is 22.0. The maximum atomic E-state index is 14.5. The number of alkyl carbamates (subject to hydrolysis) is 1. The second kappa shape index (κ2) is 14.6. The second-order valence-corrected chi connectivity index (χ2v) is 12.6. The minimum Gasteiger partial charge on any atom is -0.464 e. The predicted molar refractivity (Wildman–Crippen MR) is 169 cm³/mol. The van der Waals surface area contributed by atoms with Crippen LogP contribution in [-0.2, 0) is 14.3 Å². The summed E-state index contributed by atoms with van der Waals surface area (Å²) in [5, 5.41) is 7.08. The summed E-state index contributed by atoms with van der Waals surface area (Å²) in [4.78, 5) is 33.2. The van der Waals surface area contributed by atoms with Crippen molar-refractivity contribution in [1.82, 2.24) is 25.1 Å². The molecular weight excluding hydrogens is 641 g/mol. The summed E-state index contributed by atoms with van der Waals surface area (Å²) >= 11 is 6.14. The maximum absolute atomic E-state index is 14.5. The van der Waals surface area contributed by atoms with E-state index in [2.05, 4.69) is 20.4 Å². The summed E-state index contributed by atoms with van der Waals surface area (Å²) in [7, 11) is 0. The van der Waals surface area contributed by atoms with Crippen LogP contribution >= 0.6 is 11.6 Å². The summed E-state index contributed by atoms with van der Waals surface area (Å²) in [6.07, 6.45) is -2.70. The van der Waals surface area contributed by atoms with Crippen LogP contribution in [0.5, 0.6) is 5.88 Å². The number of allylic oxidation sites excluding steroid dienone is 2. The number of anilines is 1. The van der Waals surface area contributed by atoms with Crippen molar-refractivity contribution in [3.63, 3.8) is 0 Å². The molecule has 1 aliphatic carbocycles. The first-order valence-corrected chi connectivity index (χ1v) is 15.5. The van der Waals surface area contributed by atoms with Gasteiger partial charge in [-0.05, 0) is 90.0 Å².